The normalized spacial score (nSPS) is 10.9. The maximum absolute atomic E-state index is 12.0. The maximum Gasteiger partial charge on any atom is 0.238 e. The van der Waals surface area contributed by atoms with Crippen molar-refractivity contribution >= 4 is 40.7 Å². The second kappa shape index (κ2) is 8.98. The van der Waals surface area contributed by atoms with Crippen LogP contribution in [0.5, 0.6) is 0 Å². The molecule has 0 spiro atoms. The average molecular weight is 346 g/mol. The lowest BCUT2D eigenvalue weighted by Gasteiger charge is -2.20. The van der Waals surface area contributed by atoms with Crippen LogP contribution in [0, 0.1) is 0 Å². The van der Waals surface area contributed by atoms with Gasteiger partial charge in [0.2, 0.25) is 11.8 Å². The first kappa shape index (κ1) is 18.7. The molecule has 0 aliphatic heterocycles. The molecule has 1 aromatic carbocycles. The zero-order valence-corrected chi connectivity index (χ0v) is 14.5. The number of benzene rings is 1. The summed E-state index contributed by atoms with van der Waals surface area (Å²) in [5, 5.41) is 6.39. The third kappa shape index (κ3) is 6.64. The van der Waals surface area contributed by atoms with Crippen molar-refractivity contribution in [2.45, 2.75) is 26.8 Å². The first-order chi connectivity index (χ1) is 10.3. The number of halogens is 2. The summed E-state index contributed by atoms with van der Waals surface area (Å²) < 4.78 is 0. The van der Waals surface area contributed by atoms with E-state index in [1.54, 1.807) is 23.1 Å². The van der Waals surface area contributed by atoms with E-state index in [-0.39, 0.29) is 30.9 Å². The number of carbonyl (C=O) groups excluding carboxylic acids is 2. The Labute approximate surface area is 141 Å². The first-order valence-corrected chi connectivity index (χ1v) is 7.84. The van der Waals surface area contributed by atoms with Gasteiger partial charge in [-0.15, -0.1) is 0 Å². The number of anilines is 1. The molecule has 0 aromatic heterocycles. The van der Waals surface area contributed by atoms with E-state index in [1.807, 2.05) is 20.8 Å². The van der Waals surface area contributed by atoms with Crippen LogP contribution in [-0.2, 0) is 9.59 Å². The highest BCUT2D eigenvalue weighted by molar-refractivity contribution is 6.36. The molecule has 0 aliphatic carbocycles. The van der Waals surface area contributed by atoms with Gasteiger partial charge >= 0.3 is 0 Å². The second-order valence-corrected chi connectivity index (χ2v) is 6.04. The zero-order chi connectivity index (χ0) is 16.7. The molecular weight excluding hydrogens is 325 g/mol. The third-order valence-electron chi connectivity index (χ3n) is 2.84. The predicted octanol–water partition coefficient (Wildman–Crippen LogP) is 2.78. The van der Waals surface area contributed by atoms with Gasteiger partial charge < -0.3 is 10.6 Å². The number of rotatable bonds is 7. The van der Waals surface area contributed by atoms with Crippen molar-refractivity contribution < 1.29 is 9.59 Å². The lowest BCUT2D eigenvalue weighted by molar-refractivity contribution is -0.123. The highest BCUT2D eigenvalue weighted by atomic mass is 35.5. The number of hydrogen-bond acceptors (Lipinski definition) is 3. The molecule has 0 saturated carbocycles. The van der Waals surface area contributed by atoms with Crippen LogP contribution in [0.2, 0.25) is 10.0 Å². The summed E-state index contributed by atoms with van der Waals surface area (Å²) in [6.45, 7) is 6.56. The molecule has 0 unspecified atom stereocenters. The molecule has 22 heavy (non-hydrogen) atoms. The molecular formula is C15H21Cl2N3O2. The zero-order valence-electron chi connectivity index (χ0n) is 13.0. The molecule has 2 amide bonds. The highest BCUT2D eigenvalue weighted by Crippen LogP contribution is 2.25. The van der Waals surface area contributed by atoms with E-state index in [9.17, 15) is 9.59 Å². The Morgan fingerprint density at radius 2 is 1.82 bits per heavy atom. The van der Waals surface area contributed by atoms with Crippen molar-refractivity contribution in [3.05, 3.63) is 28.2 Å². The summed E-state index contributed by atoms with van der Waals surface area (Å²) in [7, 11) is 0. The predicted molar refractivity (Wildman–Crippen MR) is 90.5 cm³/mol. The minimum Gasteiger partial charge on any atom is -0.353 e. The van der Waals surface area contributed by atoms with Crippen LogP contribution in [0.15, 0.2) is 18.2 Å². The summed E-state index contributed by atoms with van der Waals surface area (Å²) in [6.07, 6.45) is 0. The second-order valence-electron chi connectivity index (χ2n) is 5.20. The molecule has 0 atom stereocenters. The van der Waals surface area contributed by atoms with Gasteiger partial charge in [-0.25, -0.2) is 0 Å². The largest absolute Gasteiger partial charge is 0.353 e. The molecule has 0 bridgehead atoms. The van der Waals surface area contributed by atoms with E-state index >= 15 is 0 Å². The smallest absolute Gasteiger partial charge is 0.238 e. The Kier molecular flexibility index (Phi) is 7.65. The van der Waals surface area contributed by atoms with Crippen LogP contribution in [0.3, 0.4) is 0 Å². The fourth-order valence-corrected chi connectivity index (χ4v) is 2.29. The number of likely N-dealkylation sites (N-methyl/N-ethyl adjacent to an activating group) is 1. The fraction of sp³-hybridized carbons (Fsp3) is 0.467. The van der Waals surface area contributed by atoms with Gasteiger partial charge in [0.15, 0.2) is 0 Å². The van der Waals surface area contributed by atoms with Crippen molar-refractivity contribution in [2.75, 3.05) is 25.0 Å². The Bertz CT molecular complexity index is 536. The number of nitrogens with zero attached hydrogens (tertiary/aromatic N) is 1. The van der Waals surface area contributed by atoms with Crippen molar-refractivity contribution in [3.63, 3.8) is 0 Å². The van der Waals surface area contributed by atoms with Crippen molar-refractivity contribution in [2.24, 2.45) is 0 Å². The van der Waals surface area contributed by atoms with E-state index in [0.29, 0.717) is 22.3 Å². The molecule has 5 nitrogen and oxygen atoms in total. The van der Waals surface area contributed by atoms with E-state index in [2.05, 4.69) is 10.6 Å². The summed E-state index contributed by atoms with van der Waals surface area (Å²) in [4.78, 5) is 25.5. The minimum atomic E-state index is -0.233. The van der Waals surface area contributed by atoms with Crippen LogP contribution < -0.4 is 10.6 Å². The third-order valence-corrected chi connectivity index (χ3v) is 3.38. The minimum absolute atomic E-state index is 0.0768. The monoisotopic (exact) mass is 345 g/mol. The lowest BCUT2D eigenvalue weighted by Crippen LogP contribution is -2.42. The van der Waals surface area contributed by atoms with Crippen LogP contribution in [0.25, 0.3) is 0 Å². The summed E-state index contributed by atoms with van der Waals surface area (Å²) in [5.74, 6) is -0.336. The van der Waals surface area contributed by atoms with E-state index in [4.69, 9.17) is 23.2 Å². The molecule has 0 aliphatic rings. The molecule has 0 fully saturated rings. The van der Waals surface area contributed by atoms with Gasteiger partial charge in [0.25, 0.3) is 0 Å². The summed E-state index contributed by atoms with van der Waals surface area (Å²) >= 11 is 11.8. The van der Waals surface area contributed by atoms with E-state index in [1.165, 1.54) is 0 Å². The van der Waals surface area contributed by atoms with Gasteiger partial charge in [-0.2, -0.15) is 0 Å². The quantitative estimate of drug-likeness (QED) is 0.798. The van der Waals surface area contributed by atoms with Crippen LogP contribution >= 0.6 is 23.2 Å². The lowest BCUT2D eigenvalue weighted by atomic mass is 10.3. The summed E-state index contributed by atoms with van der Waals surface area (Å²) in [6, 6.07) is 4.93. The van der Waals surface area contributed by atoms with Crippen molar-refractivity contribution in [1.82, 2.24) is 10.2 Å². The summed E-state index contributed by atoms with van der Waals surface area (Å²) in [5.41, 5.74) is 0.499. The molecule has 7 heteroatoms. The molecule has 1 rings (SSSR count). The molecule has 122 valence electrons. The van der Waals surface area contributed by atoms with Gasteiger partial charge in [0, 0.05) is 11.1 Å². The number of hydrogen-bond donors (Lipinski definition) is 2. The van der Waals surface area contributed by atoms with Crippen LogP contribution in [0.1, 0.15) is 20.8 Å². The fourth-order valence-electron chi connectivity index (χ4n) is 1.83. The SMILES string of the molecule is CCN(CC(=O)Nc1ccc(Cl)cc1Cl)CC(=O)NC(C)C. The molecule has 0 saturated heterocycles. The Morgan fingerprint density at radius 1 is 1.18 bits per heavy atom. The van der Waals surface area contributed by atoms with E-state index < -0.39 is 0 Å². The van der Waals surface area contributed by atoms with Gasteiger partial charge in [0.1, 0.15) is 0 Å². The number of nitrogens with one attached hydrogen (secondary N) is 2. The number of carbonyl (C=O) groups is 2. The van der Waals surface area contributed by atoms with Crippen molar-refractivity contribution in [1.29, 1.82) is 0 Å². The van der Waals surface area contributed by atoms with Gasteiger partial charge in [0.05, 0.1) is 23.8 Å². The van der Waals surface area contributed by atoms with Gasteiger partial charge in [-0.05, 0) is 38.6 Å². The first-order valence-electron chi connectivity index (χ1n) is 7.08. The topological polar surface area (TPSA) is 61.4 Å². The Morgan fingerprint density at radius 3 is 2.36 bits per heavy atom. The van der Waals surface area contributed by atoms with Crippen molar-refractivity contribution in [3.8, 4) is 0 Å². The number of amides is 2. The average Bonchev–Trinajstić information content (AvgIpc) is 2.40. The highest BCUT2D eigenvalue weighted by Gasteiger charge is 2.14. The Hall–Kier alpha value is -1.30. The molecule has 0 radical (unpaired) electrons. The molecule has 2 N–H and O–H groups in total. The van der Waals surface area contributed by atoms with E-state index in [0.717, 1.165) is 0 Å². The van der Waals surface area contributed by atoms with Crippen LogP contribution in [0.4, 0.5) is 5.69 Å². The standard InChI is InChI=1S/C15H21Cl2N3O2/c1-4-20(8-14(21)18-10(2)3)9-15(22)19-13-6-5-11(16)7-12(13)17/h5-7,10H,4,8-9H2,1-3H3,(H,18,21)(H,19,22). The van der Waals surface area contributed by atoms with Crippen LogP contribution in [-0.4, -0.2) is 42.4 Å². The molecule has 0 heterocycles. The Balaban J connectivity index is 2.56. The maximum atomic E-state index is 12.0. The molecule has 1 aromatic rings. The van der Waals surface area contributed by atoms with Gasteiger partial charge in [-0.3, -0.25) is 14.5 Å². The van der Waals surface area contributed by atoms with Gasteiger partial charge in [-0.1, -0.05) is 30.1 Å².